The van der Waals surface area contributed by atoms with E-state index in [2.05, 4.69) is 39.0 Å². The fourth-order valence-electron chi connectivity index (χ4n) is 2.66. The van der Waals surface area contributed by atoms with Gasteiger partial charge in [-0.2, -0.15) is 0 Å². The van der Waals surface area contributed by atoms with Crippen LogP contribution in [0.1, 0.15) is 12.0 Å². The van der Waals surface area contributed by atoms with E-state index in [9.17, 15) is 4.79 Å². The number of aryl methyl sites for hydroxylation is 1. The van der Waals surface area contributed by atoms with Gasteiger partial charge in [0.15, 0.2) is 5.13 Å². The van der Waals surface area contributed by atoms with Gasteiger partial charge in [-0.05, 0) is 44.3 Å². The first-order valence-electron chi connectivity index (χ1n) is 8.58. The molecule has 0 saturated heterocycles. The van der Waals surface area contributed by atoms with E-state index in [0.717, 1.165) is 32.8 Å². The first-order chi connectivity index (χ1) is 12.5. The van der Waals surface area contributed by atoms with Gasteiger partial charge in [-0.3, -0.25) is 9.69 Å². The summed E-state index contributed by atoms with van der Waals surface area (Å²) in [6.45, 7) is 1.44. The summed E-state index contributed by atoms with van der Waals surface area (Å²) >= 11 is 5.07. The molecule has 3 aromatic rings. The molecule has 1 aromatic heterocycles. The van der Waals surface area contributed by atoms with E-state index >= 15 is 0 Å². The van der Waals surface area contributed by atoms with Crippen molar-refractivity contribution in [1.82, 2.24) is 9.88 Å². The van der Waals surface area contributed by atoms with E-state index < -0.39 is 0 Å². The van der Waals surface area contributed by atoms with Gasteiger partial charge in [0.05, 0.1) is 10.2 Å². The van der Waals surface area contributed by atoms with Crippen molar-refractivity contribution in [3.05, 3.63) is 58.6 Å². The average molecular weight is 432 g/mol. The molecule has 0 radical (unpaired) electrons. The molecule has 6 heteroatoms. The van der Waals surface area contributed by atoms with Crippen molar-refractivity contribution >= 4 is 48.5 Å². The number of aromatic nitrogens is 1. The van der Waals surface area contributed by atoms with Gasteiger partial charge in [0.1, 0.15) is 0 Å². The average Bonchev–Trinajstić information content (AvgIpc) is 3.03. The molecule has 0 unspecified atom stereocenters. The molecule has 0 aliphatic rings. The zero-order valence-corrected chi connectivity index (χ0v) is 17.4. The summed E-state index contributed by atoms with van der Waals surface area (Å²) in [5.74, 6) is 0.119. The van der Waals surface area contributed by atoms with E-state index in [1.165, 1.54) is 5.56 Å². The molecule has 0 aliphatic carbocycles. The zero-order chi connectivity index (χ0) is 18.5. The number of fused-ring (bicyclic) bond motifs is 1. The maximum atomic E-state index is 12.9. The molecule has 0 atom stereocenters. The van der Waals surface area contributed by atoms with Gasteiger partial charge in [-0.15, -0.1) is 0 Å². The van der Waals surface area contributed by atoms with Crippen LogP contribution >= 0.6 is 27.3 Å². The molecule has 3 rings (SSSR count). The molecule has 1 heterocycles. The fraction of sp³-hybridized carbons (Fsp3) is 0.300. The van der Waals surface area contributed by atoms with Gasteiger partial charge in [0, 0.05) is 24.0 Å². The minimum atomic E-state index is 0.119. The third-order valence-corrected chi connectivity index (χ3v) is 5.65. The van der Waals surface area contributed by atoms with E-state index in [0.29, 0.717) is 13.0 Å². The number of benzene rings is 2. The summed E-state index contributed by atoms with van der Waals surface area (Å²) in [6, 6.07) is 16.2. The quantitative estimate of drug-likeness (QED) is 0.548. The second-order valence-electron chi connectivity index (χ2n) is 6.44. The first kappa shape index (κ1) is 19.0. The molecular weight excluding hydrogens is 410 g/mol. The van der Waals surface area contributed by atoms with Crippen molar-refractivity contribution in [2.75, 3.05) is 32.1 Å². The molecule has 0 saturated carbocycles. The topological polar surface area (TPSA) is 36.4 Å². The highest BCUT2D eigenvalue weighted by molar-refractivity contribution is 9.10. The van der Waals surface area contributed by atoms with Crippen LogP contribution in [0.3, 0.4) is 0 Å². The number of likely N-dealkylation sites (N-methyl/N-ethyl adjacent to an activating group) is 1. The van der Waals surface area contributed by atoms with Gasteiger partial charge in [0.25, 0.3) is 0 Å². The van der Waals surface area contributed by atoms with Crippen molar-refractivity contribution in [2.45, 2.75) is 12.8 Å². The van der Waals surface area contributed by atoms with Crippen LogP contribution < -0.4 is 4.90 Å². The van der Waals surface area contributed by atoms with Crippen LogP contribution in [0.15, 0.2) is 53.0 Å². The Labute approximate surface area is 166 Å². The largest absolute Gasteiger partial charge is 0.308 e. The van der Waals surface area contributed by atoms with Gasteiger partial charge in [0.2, 0.25) is 5.91 Å². The third-order valence-electron chi connectivity index (χ3n) is 4.11. The van der Waals surface area contributed by atoms with Crippen molar-refractivity contribution in [3.63, 3.8) is 0 Å². The summed E-state index contributed by atoms with van der Waals surface area (Å²) in [7, 11) is 4.03. The Kier molecular flexibility index (Phi) is 6.40. The highest BCUT2D eigenvalue weighted by Gasteiger charge is 2.19. The summed E-state index contributed by atoms with van der Waals surface area (Å²) in [6.07, 6.45) is 1.23. The highest BCUT2D eigenvalue weighted by atomic mass is 79.9. The van der Waals surface area contributed by atoms with Crippen LogP contribution in [0.25, 0.3) is 10.2 Å². The number of hydrogen-bond donors (Lipinski definition) is 0. The Bertz CT molecular complexity index is 879. The van der Waals surface area contributed by atoms with Crippen LogP contribution in [0, 0.1) is 0 Å². The molecule has 0 fully saturated rings. The predicted molar refractivity (Wildman–Crippen MR) is 113 cm³/mol. The molecule has 136 valence electrons. The fourth-order valence-corrected chi connectivity index (χ4v) is 4.22. The molecule has 0 N–H and O–H groups in total. The standard InChI is InChI=1S/C20H22BrN3OS/c1-23(2)12-13-24(19(25)11-8-15-6-4-3-5-7-15)20-22-17-10-9-16(21)14-18(17)26-20/h3-7,9-10,14H,8,11-13H2,1-2H3. The van der Waals surface area contributed by atoms with E-state index in [4.69, 9.17) is 4.98 Å². The Morgan fingerprint density at radius 1 is 1.12 bits per heavy atom. The lowest BCUT2D eigenvalue weighted by atomic mass is 10.1. The van der Waals surface area contributed by atoms with Crippen LogP contribution in [0.2, 0.25) is 0 Å². The second-order valence-corrected chi connectivity index (χ2v) is 8.37. The Hall–Kier alpha value is -1.76. The minimum absolute atomic E-state index is 0.119. The maximum Gasteiger partial charge on any atom is 0.229 e. The van der Waals surface area contributed by atoms with Gasteiger partial charge in [-0.25, -0.2) is 4.98 Å². The third kappa shape index (κ3) is 4.90. The summed E-state index contributed by atoms with van der Waals surface area (Å²) in [5, 5.41) is 0.776. The normalized spacial score (nSPS) is 11.2. The smallest absolute Gasteiger partial charge is 0.229 e. The lowest BCUT2D eigenvalue weighted by Crippen LogP contribution is -2.36. The van der Waals surface area contributed by atoms with Gasteiger partial charge >= 0.3 is 0 Å². The van der Waals surface area contributed by atoms with E-state index in [1.807, 2.05) is 49.3 Å². The number of hydrogen-bond acceptors (Lipinski definition) is 4. The van der Waals surface area contributed by atoms with Gasteiger partial charge < -0.3 is 4.90 Å². The molecule has 26 heavy (non-hydrogen) atoms. The number of rotatable bonds is 7. The number of amides is 1. The van der Waals surface area contributed by atoms with E-state index in [-0.39, 0.29) is 5.91 Å². The molecule has 0 spiro atoms. The Balaban J connectivity index is 1.79. The van der Waals surface area contributed by atoms with E-state index in [1.54, 1.807) is 11.3 Å². The van der Waals surface area contributed by atoms with Crippen molar-refractivity contribution in [1.29, 1.82) is 0 Å². The number of thiazole rings is 1. The van der Waals surface area contributed by atoms with Crippen molar-refractivity contribution in [2.24, 2.45) is 0 Å². The summed E-state index contributed by atoms with van der Waals surface area (Å²) in [4.78, 5) is 21.6. The summed E-state index contributed by atoms with van der Waals surface area (Å²) in [5.41, 5.74) is 2.11. The van der Waals surface area contributed by atoms with Crippen LogP contribution in [0.4, 0.5) is 5.13 Å². The molecular formula is C20H22BrN3OS. The maximum absolute atomic E-state index is 12.9. The number of carbonyl (C=O) groups excluding carboxylic acids is 1. The Morgan fingerprint density at radius 2 is 1.88 bits per heavy atom. The first-order valence-corrected chi connectivity index (χ1v) is 10.2. The zero-order valence-electron chi connectivity index (χ0n) is 15.0. The molecule has 4 nitrogen and oxygen atoms in total. The SMILES string of the molecule is CN(C)CCN(C(=O)CCc1ccccc1)c1nc2ccc(Br)cc2s1. The lowest BCUT2D eigenvalue weighted by molar-refractivity contribution is -0.118. The highest BCUT2D eigenvalue weighted by Crippen LogP contribution is 2.31. The molecule has 1 amide bonds. The Morgan fingerprint density at radius 3 is 2.62 bits per heavy atom. The van der Waals surface area contributed by atoms with Crippen LogP contribution in [-0.4, -0.2) is 43.0 Å². The van der Waals surface area contributed by atoms with Crippen molar-refractivity contribution in [3.8, 4) is 0 Å². The molecule has 0 aliphatic heterocycles. The monoisotopic (exact) mass is 431 g/mol. The van der Waals surface area contributed by atoms with Crippen molar-refractivity contribution < 1.29 is 4.79 Å². The summed E-state index contributed by atoms with van der Waals surface area (Å²) < 4.78 is 2.11. The number of halogens is 1. The lowest BCUT2D eigenvalue weighted by Gasteiger charge is -2.22. The second kappa shape index (κ2) is 8.75. The van der Waals surface area contributed by atoms with Crippen LogP contribution in [0.5, 0.6) is 0 Å². The van der Waals surface area contributed by atoms with Gasteiger partial charge in [-0.1, -0.05) is 57.6 Å². The minimum Gasteiger partial charge on any atom is -0.308 e. The number of nitrogens with zero attached hydrogens (tertiary/aromatic N) is 3. The van der Waals surface area contributed by atoms with Crippen LogP contribution in [-0.2, 0) is 11.2 Å². The predicted octanol–water partition coefficient (Wildman–Crippen LogP) is 4.59. The molecule has 2 aromatic carbocycles. The molecule has 0 bridgehead atoms. The number of carbonyl (C=O) groups is 1. The number of anilines is 1.